The molecule has 0 amide bonds. The highest BCUT2D eigenvalue weighted by Crippen LogP contribution is 2.29. The molecule has 0 aliphatic rings. The first-order valence-electron chi connectivity index (χ1n) is 4.02. The topological polar surface area (TPSA) is 0 Å². The second kappa shape index (κ2) is 3.88. The Balaban J connectivity index is 2.77. The van der Waals surface area contributed by atoms with Crippen molar-refractivity contribution in [3.05, 3.63) is 35.9 Å². The molecule has 1 heteroatoms. The van der Waals surface area contributed by atoms with E-state index in [2.05, 4.69) is 53.4 Å². The molecule has 1 rings (SSSR count). The van der Waals surface area contributed by atoms with E-state index in [-0.39, 0.29) is 0 Å². The van der Waals surface area contributed by atoms with Crippen LogP contribution in [-0.4, -0.2) is 0 Å². The van der Waals surface area contributed by atoms with Crippen LogP contribution in [0.5, 0.6) is 0 Å². The van der Waals surface area contributed by atoms with Gasteiger partial charge in [-0.1, -0.05) is 44.2 Å². The van der Waals surface area contributed by atoms with Crippen LogP contribution in [0.3, 0.4) is 0 Å². The summed E-state index contributed by atoms with van der Waals surface area (Å²) in [7, 11) is 2.89. The largest absolute Gasteiger partial charge is 0.129 e. The maximum atomic E-state index is 2.89. The van der Waals surface area contributed by atoms with Crippen LogP contribution in [0.1, 0.15) is 25.1 Å². The molecule has 11 heavy (non-hydrogen) atoms. The molecule has 0 bridgehead atoms. The van der Waals surface area contributed by atoms with Crippen molar-refractivity contribution in [1.82, 2.24) is 0 Å². The molecule has 0 aliphatic heterocycles. The average molecular weight is 166 g/mol. The Kier molecular flexibility index (Phi) is 3.08. The van der Waals surface area contributed by atoms with Crippen molar-refractivity contribution in [1.29, 1.82) is 0 Å². The molecular formula is C10H15P. The molecule has 0 nitrogen and oxygen atoms in total. The molecule has 60 valence electrons. The minimum atomic E-state index is 0.594. The Labute approximate surface area is 71.2 Å². The summed E-state index contributed by atoms with van der Waals surface area (Å²) in [6.45, 7) is 4.48. The van der Waals surface area contributed by atoms with Gasteiger partial charge in [-0.3, -0.25) is 0 Å². The molecule has 0 N–H and O–H groups in total. The van der Waals surface area contributed by atoms with Crippen LogP contribution in [0.4, 0.5) is 0 Å². The molecule has 2 unspecified atom stereocenters. The van der Waals surface area contributed by atoms with Gasteiger partial charge in [0.1, 0.15) is 0 Å². The van der Waals surface area contributed by atoms with Crippen molar-refractivity contribution < 1.29 is 0 Å². The van der Waals surface area contributed by atoms with Crippen LogP contribution in [0.2, 0.25) is 0 Å². The molecule has 0 fully saturated rings. The molecule has 0 aliphatic carbocycles. The summed E-state index contributed by atoms with van der Waals surface area (Å²) in [5.41, 5.74) is 2.00. The first kappa shape index (κ1) is 8.74. The van der Waals surface area contributed by atoms with Crippen molar-refractivity contribution in [3.8, 4) is 0 Å². The number of hydrogen-bond acceptors (Lipinski definition) is 0. The van der Waals surface area contributed by atoms with Gasteiger partial charge >= 0.3 is 0 Å². The zero-order valence-corrected chi connectivity index (χ0v) is 8.27. The fraction of sp³-hybridized carbons (Fsp3) is 0.400. The molecule has 0 aromatic heterocycles. The SMILES string of the molecule is CC(C)C(P)c1ccccc1. The number of hydrogen-bond donors (Lipinski definition) is 0. The van der Waals surface area contributed by atoms with E-state index < -0.39 is 0 Å². The third-order valence-electron chi connectivity index (χ3n) is 1.90. The lowest BCUT2D eigenvalue weighted by atomic mass is 10.0. The van der Waals surface area contributed by atoms with Crippen LogP contribution < -0.4 is 0 Å². The Bertz CT molecular complexity index is 203. The van der Waals surface area contributed by atoms with E-state index in [1.807, 2.05) is 0 Å². The zero-order chi connectivity index (χ0) is 8.27. The van der Waals surface area contributed by atoms with E-state index in [0.717, 1.165) is 0 Å². The third-order valence-corrected chi connectivity index (χ3v) is 3.06. The van der Waals surface area contributed by atoms with Crippen molar-refractivity contribution in [3.63, 3.8) is 0 Å². The first-order valence-corrected chi connectivity index (χ1v) is 4.69. The van der Waals surface area contributed by atoms with Gasteiger partial charge in [0, 0.05) is 5.66 Å². The lowest BCUT2D eigenvalue weighted by Gasteiger charge is -2.14. The quantitative estimate of drug-likeness (QED) is 0.591. The van der Waals surface area contributed by atoms with Crippen LogP contribution >= 0.6 is 9.24 Å². The van der Waals surface area contributed by atoms with Gasteiger partial charge in [-0.2, -0.15) is 0 Å². The molecule has 0 spiro atoms. The second-order valence-corrected chi connectivity index (χ2v) is 3.90. The first-order chi connectivity index (χ1) is 5.22. The fourth-order valence-corrected chi connectivity index (χ4v) is 1.28. The van der Waals surface area contributed by atoms with E-state index in [0.29, 0.717) is 11.6 Å². The predicted molar refractivity (Wildman–Crippen MR) is 53.7 cm³/mol. The normalized spacial score (nSPS) is 13.5. The van der Waals surface area contributed by atoms with Crippen molar-refractivity contribution in [2.45, 2.75) is 19.5 Å². The molecule has 0 saturated heterocycles. The summed E-state index contributed by atoms with van der Waals surface area (Å²) in [5, 5.41) is 0. The monoisotopic (exact) mass is 166 g/mol. The number of benzene rings is 1. The van der Waals surface area contributed by atoms with Gasteiger partial charge in [-0.15, -0.1) is 9.24 Å². The van der Waals surface area contributed by atoms with Gasteiger partial charge in [-0.25, -0.2) is 0 Å². The second-order valence-electron chi connectivity index (χ2n) is 3.18. The summed E-state index contributed by atoms with van der Waals surface area (Å²) in [4.78, 5) is 0. The maximum absolute atomic E-state index is 2.89. The van der Waals surface area contributed by atoms with Crippen LogP contribution in [0, 0.1) is 5.92 Å². The van der Waals surface area contributed by atoms with Gasteiger partial charge in [-0.05, 0) is 11.5 Å². The van der Waals surface area contributed by atoms with E-state index >= 15 is 0 Å². The van der Waals surface area contributed by atoms with Crippen molar-refractivity contribution in [2.24, 2.45) is 5.92 Å². The predicted octanol–water partition coefficient (Wildman–Crippen LogP) is 3.26. The van der Waals surface area contributed by atoms with Crippen LogP contribution in [-0.2, 0) is 0 Å². The van der Waals surface area contributed by atoms with Crippen LogP contribution in [0.15, 0.2) is 30.3 Å². The summed E-state index contributed by atoms with van der Waals surface area (Å²) in [6, 6.07) is 10.6. The van der Waals surface area contributed by atoms with E-state index in [1.165, 1.54) is 5.56 Å². The molecule has 0 heterocycles. The summed E-state index contributed by atoms with van der Waals surface area (Å²) in [6.07, 6.45) is 0. The standard InChI is InChI=1S/C10H15P/c1-8(2)10(11)9-6-4-3-5-7-9/h3-8,10H,11H2,1-2H3. The highest BCUT2D eigenvalue weighted by molar-refractivity contribution is 7.17. The highest BCUT2D eigenvalue weighted by Gasteiger charge is 2.07. The molecule has 1 aromatic carbocycles. The van der Waals surface area contributed by atoms with Gasteiger partial charge in [0.2, 0.25) is 0 Å². The minimum absolute atomic E-state index is 0.594. The Morgan fingerprint density at radius 1 is 1.09 bits per heavy atom. The minimum Gasteiger partial charge on any atom is -0.129 e. The smallest absolute Gasteiger partial charge is 0.000833 e. The molecular weight excluding hydrogens is 151 g/mol. The van der Waals surface area contributed by atoms with Crippen molar-refractivity contribution in [2.75, 3.05) is 0 Å². The van der Waals surface area contributed by atoms with Gasteiger partial charge in [0.25, 0.3) is 0 Å². The third kappa shape index (κ3) is 2.31. The Morgan fingerprint density at radius 3 is 2.09 bits per heavy atom. The zero-order valence-electron chi connectivity index (χ0n) is 7.12. The summed E-state index contributed by atoms with van der Waals surface area (Å²) < 4.78 is 0. The molecule has 0 radical (unpaired) electrons. The van der Waals surface area contributed by atoms with E-state index in [4.69, 9.17) is 0 Å². The maximum Gasteiger partial charge on any atom is 0.000833 e. The lowest BCUT2D eigenvalue weighted by Crippen LogP contribution is -1.97. The van der Waals surface area contributed by atoms with E-state index in [1.54, 1.807) is 0 Å². The van der Waals surface area contributed by atoms with Gasteiger partial charge in [0.05, 0.1) is 0 Å². The van der Waals surface area contributed by atoms with Crippen LogP contribution in [0.25, 0.3) is 0 Å². The summed E-state index contributed by atoms with van der Waals surface area (Å²) >= 11 is 0. The molecule has 2 atom stereocenters. The average Bonchev–Trinajstić information content (AvgIpc) is 2.05. The number of rotatable bonds is 2. The Morgan fingerprint density at radius 2 is 1.64 bits per heavy atom. The molecule has 1 aromatic rings. The van der Waals surface area contributed by atoms with Gasteiger partial charge in [0.15, 0.2) is 0 Å². The fourth-order valence-electron chi connectivity index (χ4n) is 1.06. The lowest BCUT2D eigenvalue weighted by molar-refractivity contribution is 0.632. The Hall–Kier alpha value is -0.350. The summed E-state index contributed by atoms with van der Waals surface area (Å²) in [5.74, 6) is 0.697. The van der Waals surface area contributed by atoms with E-state index in [9.17, 15) is 0 Å². The van der Waals surface area contributed by atoms with Crippen molar-refractivity contribution >= 4 is 9.24 Å². The highest BCUT2D eigenvalue weighted by atomic mass is 31.0. The van der Waals surface area contributed by atoms with Gasteiger partial charge < -0.3 is 0 Å². The molecule has 0 saturated carbocycles.